The van der Waals surface area contributed by atoms with Crippen molar-refractivity contribution < 1.29 is 4.79 Å². The normalized spacial score (nSPS) is 15.7. The van der Waals surface area contributed by atoms with Crippen molar-refractivity contribution in [2.75, 3.05) is 13.1 Å². The molecule has 0 saturated carbocycles. The maximum Gasteiger partial charge on any atom is 0.262 e. The number of hydrogen-bond acceptors (Lipinski definition) is 5. The molecule has 8 heteroatoms. The number of rotatable bonds is 7. The predicted octanol–water partition coefficient (Wildman–Crippen LogP) is 4.42. The lowest BCUT2D eigenvalue weighted by molar-refractivity contribution is -0.131. The Bertz CT molecular complexity index is 1390. The zero-order chi connectivity index (χ0) is 24.4. The molecule has 0 bridgehead atoms. The van der Waals surface area contributed by atoms with Crippen LogP contribution in [0.15, 0.2) is 64.5 Å². The van der Waals surface area contributed by atoms with Crippen LogP contribution in [0.2, 0.25) is 0 Å². The molecule has 35 heavy (non-hydrogen) atoms. The molecule has 1 unspecified atom stereocenters. The number of nitrogens with zero attached hydrogens (tertiary/aromatic N) is 5. The first kappa shape index (κ1) is 23.6. The highest BCUT2D eigenvalue weighted by atomic mass is 32.2. The summed E-state index contributed by atoms with van der Waals surface area (Å²) in [6.07, 6.45) is 3.95. The zero-order valence-corrected chi connectivity index (χ0v) is 21.1. The molecule has 2 aromatic carbocycles. The first-order valence-corrected chi connectivity index (χ1v) is 13.3. The molecular formula is C27H31N5O2S. The number of fused-ring (bicyclic) bond motifs is 3. The number of benzene rings is 2. The molecule has 2 aromatic heterocycles. The fourth-order valence-electron chi connectivity index (χ4n) is 5.01. The minimum atomic E-state index is -0.293. The summed E-state index contributed by atoms with van der Waals surface area (Å²) in [5, 5.41) is 9.73. The van der Waals surface area contributed by atoms with Gasteiger partial charge in [0.2, 0.25) is 11.7 Å². The largest absolute Gasteiger partial charge is 0.342 e. The molecule has 0 N–H and O–H groups in total. The van der Waals surface area contributed by atoms with E-state index < -0.39 is 0 Å². The highest BCUT2D eigenvalue weighted by molar-refractivity contribution is 8.00. The second-order valence-corrected chi connectivity index (χ2v) is 10.6. The number of thioether (sulfide) groups is 1. The van der Waals surface area contributed by atoms with Gasteiger partial charge in [0.1, 0.15) is 0 Å². The number of carbonyl (C=O) groups is 1. The van der Waals surface area contributed by atoms with Crippen LogP contribution in [0.1, 0.15) is 38.7 Å². The maximum atomic E-state index is 13.3. The van der Waals surface area contributed by atoms with E-state index in [0.717, 1.165) is 44.3 Å². The molecule has 5 rings (SSSR count). The van der Waals surface area contributed by atoms with Gasteiger partial charge in [0, 0.05) is 19.6 Å². The van der Waals surface area contributed by atoms with Crippen LogP contribution in [-0.4, -0.2) is 48.3 Å². The van der Waals surface area contributed by atoms with Gasteiger partial charge in [-0.2, -0.15) is 0 Å². The van der Waals surface area contributed by atoms with Gasteiger partial charge in [-0.3, -0.25) is 18.6 Å². The summed E-state index contributed by atoms with van der Waals surface area (Å²) in [5.74, 6) is 1.28. The van der Waals surface area contributed by atoms with Gasteiger partial charge in [-0.25, -0.2) is 0 Å². The molecule has 1 atom stereocenters. The molecule has 182 valence electrons. The Hall–Kier alpha value is -3.13. The fourth-order valence-corrected chi connectivity index (χ4v) is 5.95. The topological polar surface area (TPSA) is 72.5 Å². The van der Waals surface area contributed by atoms with E-state index in [2.05, 4.69) is 34.5 Å². The van der Waals surface area contributed by atoms with Crippen LogP contribution >= 0.6 is 11.8 Å². The van der Waals surface area contributed by atoms with Gasteiger partial charge in [0.25, 0.3) is 5.56 Å². The first-order valence-electron chi connectivity index (χ1n) is 12.4. The number of likely N-dealkylation sites (tertiary alicyclic amines) is 1. The molecule has 0 aliphatic carbocycles. The van der Waals surface area contributed by atoms with Crippen molar-refractivity contribution in [2.45, 2.75) is 56.5 Å². The molecule has 1 aliphatic rings. The number of carbonyl (C=O) groups excluding carboxylic acids is 1. The van der Waals surface area contributed by atoms with E-state index in [-0.39, 0.29) is 16.7 Å². The quantitative estimate of drug-likeness (QED) is 0.360. The van der Waals surface area contributed by atoms with Gasteiger partial charge in [0.15, 0.2) is 5.16 Å². The summed E-state index contributed by atoms with van der Waals surface area (Å²) in [4.78, 5) is 28.3. The van der Waals surface area contributed by atoms with E-state index in [1.165, 1.54) is 17.3 Å². The maximum absolute atomic E-state index is 13.3. The number of hydrogen-bond donors (Lipinski definition) is 0. The highest BCUT2D eigenvalue weighted by Gasteiger charge is 2.28. The van der Waals surface area contributed by atoms with E-state index >= 15 is 0 Å². The molecular weight excluding hydrogens is 458 g/mol. The van der Waals surface area contributed by atoms with Crippen molar-refractivity contribution >= 4 is 34.3 Å². The van der Waals surface area contributed by atoms with E-state index in [0.29, 0.717) is 28.8 Å². The third-order valence-electron chi connectivity index (χ3n) is 6.85. The van der Waals surface area contributed by atoms with Gasteiger partial charge in [-0.05, 0) is 56.2 Å². The van der Waals surface area contributed by atoms with Crippen molar-refractivity contribution in [1.82, 2.24) is 24.1 Å². The number of aromatic nitrogens is 4. The number of amides is 1. The van der Waals surface area contributed by atoms with E-state index in [1.807, 2.05) is 53.5 Å². The van der Waals surface area contributed by atoms with Gasteiger partial charge in [-0.1, -0.05) is 61.2 Å². The molecule has 0 spiro atoms. The molecule has 1 fully saturated rings. The van der Waals surface area contributed by atoms with Crippen LogP contribution in [-0.2, 0) is 17.8 Å². The highest BCUT2D eigenvalue weighted by Crippen LogP contribution is 2.28. The summed E-state index contributed by atoms with van der Waals surface area (Å²) >= 11 is 1.42. The van der Waals surface area contributed by atoms with Crippen LogP contribution in [0.25, 0.3) is 16.7 Å². The second kappa shape index (κ2) is 10.2. The summed E-state index contributed by atoms with van der Waals surface area (Å²) in [6.45, 7) is 6.13. The van der Waals surface area contributed by atoms with E-state index in [4.69, 9.17) is 0 Å². The number of piperidine rings is 1. The third kappa shape index (κ3) is 4.72. The van der Waals surface area contributed by atoms with Crippen LogP contribution in [0, 0.1) is 5.92 Å². The van der Waals surface area contributed by atoms with Crippen molar-refractivity contribution in [3.05, 3.63) is 70.5 Å². The minimum Gasteiger partial charge on any atom is -0.342 e. The minimum absolute atomic E-state index is 0.0543. The number of aryl methyl sites for hydroxylation is 1. The number of para-hydroxylation sites is 1. The monoisotopic (exact) mass is 489 g/mol. The van der Waals surface area contributed by atoms with Gasteiger partial charge < -0.3 is 4.90 Å². The average molecular weight is 490 g/mol. The molecule has 1 saturated heterocycles. The predicted molar refractivity (Wildman–Crippen MR) is 140 cm³/mol. The lowest BCUT2D eigenvalue weighted by Crippen LogP contribution is -2.42. The Balaban J connectivity index is 1.32. The molecule has 3 heterocycles. The summed E-state index contributed by atoms with van der Waals surface area (Å²) in [5.41, 5.74) is 2.09. The first-order chi connectivity index (χ1) is 17.1. The van der Waals surface area contributed by atoms with Gasteiger partial charge in [-0.15, -0.1) is 10.2 Å². The van der Waals surface area contributed by atoms with Crippen LogP contribution in [0.5, 0.6) is 0 Å². The molecule has 4 aromatic rings. The fraction of sp³-hybridized carbons (Fsp3) is 0.407. The van der Waals surface area contributed by atoms with Crippen LogP contribution in [0.4, 0.5) is 0 Å². The lowest BCUT2D eigenvalue weighted by Gasteiger charge is -2.33. The van der Waals surface area contributed by atoms with E-state index in [1.54, 1.807) is 4.57 Å². The third-order valence-corrected chi connectivity index (χ3v) is 7.88. The summed E-state index contributed by atoms with van der Waals surface area (Å²) in [7, 11) is 0. The average Bonchev–Trinajstić information content (AvgIpc) is 3.30. The molecule has 7 nitrogen and oxygen atoms in total. The molecule has 1 aliphatic heterocycles. The van der Waals surface area contributed by atoms with Crippen LogP contribution < -0.4 is 5.56 Å². The van der Waals surface area contributed by atoms with Gasteiger partial charge >= 0.3 is 0 Å². The lowest BCUT2D eigenvalue weighted by atomic mass is 9.90. The summed E-state index contributed by atoms with van der Waals surface area (Å²) in [6, 6.07) is 18.1. The smallest absolute Gasteiger partial charge is 0.262 e. The second-order valence-electron chi connectivity index (χ2n) is 9.31. The molecule has 0 radical (unpaired) electrons. The Morgan fingerprint density at radius 1 is 1.06 bits per heavy atom. The van der Waals surface area contributed by atoms with Crippen LogP contribution in [0.3, 0.4) is 0 Å². The molecule has 1 amide bonds. The zero-order valence-electron chi connectivity index (χ0n) is 20.3. The standard InChI is InChI=1S/C27H31N5O2S/c1-3-15-31-25(34)22-11-7-8-12-23(22)32-26(31)28-29-27(32)35-19(2)24(33)30-16-13-21(14-17-30)18-20-9-5-4-6-10-20/h4-12,19,21H,3,13-18H2,1-2H3. The Morgan fingerprint density at radius 3 is 2.51 bits per heavy atom. The Morgan fingerprint density at radius 2 is 1.77 bits per heavy atom. The Labute approximate surface area is 209 Å². The van der Waals surface area contributed by atoms with Gasteiger partial charge in [0.05, 0.1) is 16.2 Å². The van der Waals surface area contributed by atoms with E-state index in [9.17, 15) is 9.59 Å². The van der Waals surface area contributed by atoms with Crippen molar-refractivity contribution in [1.29, 1.82) is 0 Å². The van der Waals surface area contributed by atoms with Crippen molar-refractivity contribution in [2.24, 2.45) is 5.92 Å². The SMILES string of the molecule is CCCn1c(=O)c2ccccc2n2c(SC(C)C(=O)N3CCC(Cc4ccccc4)CC3)nnc12. The Kier molecular flexibility index (Phi) is 6.90. The van der Waals surface area contributed by atoms with Crippen molar-refractivity contribution in [3.63, 3.8) is 0 Å². The summed E-state index contributed by atoms with van der Waals surface area (Å²) < 4.78 is 3.61. The van der Waals surface area contributed by atoms with Crippen molar-refractivity contribution in [3.8, 4) is 0 Å².